The van der Waals surface area contributed by atoms with Crippen molar-refractivity contribution in [2.45, 2.75) is 38.7 Å². The lowest BCUT2D eigenvalue weighted by atomic mass is 9.94. The van der Waals surface area contributed by atoms with Gasteiger partial charge in [0.15, 0.2) is 0 Å². The monoisotopic (exact) mass is 296 g/mol. The number of rotatable bonds is 4. The second-order valence-electron chi connectivity index (χ2n) is 5.56. The van der Waals surface area contributed by atoms with Crippen molar-refractivity contribution in [3.63, 3.8) is 0 Å². The van der Waals surface area contributed by atoms with Crippen LogP contribution in [-0.4, -0.2) is 5.11 Å². The summed E-state index contributed by atoms with van der Waals surface area (Å²) in [6.45, 7) is 3.83. The van der Waals surface area contributed by atoms with Gasteiger partial charge in [0.2, 0.25) is 0 Å². The molecule has 2 aromatic rings. The molecule has 0 bridgehead atoms. The van der Waals surface area contributed by atoms with Crippen LogP contribution in [0.3, 0.4) is 0 Å². The Morgan fingerprint density at radius 2 is 1.55 bits per heavy atom. The molecule has 2 rings (SSSR count). The Morgan fingerprint density at radius 1 is 1.00 bits per heavy atom. The Morgan fingerprint density at radius 3 is 2.09 bits per heavy atom. The molecule has 2 heteroatoms. The summed E-state index contributed by atoms with van der Waals surface area (Å²) in [5.41, 5.74) is 1.55. The van der Waals surface area contributed by atoms with Gasteiger partial charge >= 0.3 is 0 Å². The molecule has 22 heavy (non-hydrogen) atoms. The van der Waals surface area contributed by atoms with E-state index in [0.717, 1.165) is 36.0 Å². The molecule has 0 fully saturated rings. The number of unbranched alkanes of at least 4 members (excludes halogenated alkanes) is 2. The Kier molecular flexibility index (Phi) is 5.35. The lowest BCUT2D eigenvalue weighted by molar-refractivity contribution is 0.122. The summed E-state index contributed by atoms with van der Waals surface area (Å²) in [5.74, 6) is 5.72. The molecule has 0 aromatic heterocycles. The maximum atomic E-state index is 12.9. The minimum absolute atomic E-state index is 0.245. The van der Waals surface area contributed by atoms with Gasteiger partial charge in [-0.1, -0.05) is 61.6 Å². The first-order chi connectivity index (χ1) is 10.5. The van der Waals surface area contributed by atoms with E-state index in [2.05, 4.69) is 18.8 Å². The third kappa shape index (κ3) is 4.19. The molecule has 0 aliphatic carbocycles. The molecule has 0 spiro atoms. The quantitative estimate of drug-likeness (QED) is 0.629. The van der Waals surface area contributed by atoms with E-state index in [-0.39, 0.29) is 5.82 Å². The number of halogens is 1. The van der Waals surface area contributed by atoms with E-state index in [9.17, 15) is 9.50 Å². The van der Waals surface area contributed by atoms with E-state index in [4.69, 9.17) is 0 Å². The molecule has 2 aromatic carbocycles. The van der Waals surface area contributed by atoms with Crippen molar-refractivity contribution in [2.24, 2.45) is 0 Å². The van der Waals surface area contributed by atoms with Crippen LogP contribution in [0.25, 0.3) is 11.1 Å². The summed E-state index contributed by atoms with van der Waals surface area (Å²) in [4.78, 5) is 0. The van der Waals surface area contributed by atoms with Crippen LogP contribution >= 0.6 is 0 Å². The Balaban J connectivity index is 2.16. The van der Waals surface area contributed by atoms with Crippen molar-refractivity contribution in [3.05, 3.63) is 59.9 Å². The van der Waals surface area contributed by atoms with Gasteiger partial charge in [-0.15, -0.1) is 0 Å². The number of hydrogen-bond acceptors (Lipinski definition) is 1. The molecule has 0 aliphatic heterocycles. The molecule has 0 saturated carbocycles. The summed E-state index contributed by atoms with van der Waals surface area (Å²) in [6, 6.07) is 14.0. The minimum atomic E-state index is -1.14. The second kappa shape index (κ2) is 7.24. The van der Waals surface area contributed by atoms with Crippen LogP contribution in [0.4, 0.5) is 4.39 Å². The van der Waals surface area contributed by atoms with Crippen molar-refractivity contribution in [2.75, 3.05) is 0 Å². The first kappa shape index (κ1) is 16.3. The van der Waals surface area contributed by atoms with Crippen LogP contribution in [0, 0.1) is 17.7 Å². The molecule has 1 unspecified atom stereocenters. The van der Waals surface area contributed by atoms with Gasteiger partial charge in [-0.2, -0.15) is 0 Å². The third-order valence-corrected chi connectivity index (χ3v) is 3.61. The van der Waals surface area contributed by atoms with Gasteiger partial charge in [0.1, 0.15) is 11.4 Å². The summed E-state index contributed by atoms with van der Waals surface area (Å²) in [7, 11) is 0. The highest BCUT2D eigenvalue weighted by atomic mass is 19.1. The smallest absolute Gasteiger partial charge is 0.148 e. The Hall–Kier alpha value is -2.11. The SMILES string of the molecule is CCCCC#CC(C)(O)c1ccc(-c2ccc(F)cc2)cc1. The van der Waals surface area contributed by atoms with Crippen LogP contribution in [-0.2, 0) is 5.60 Å². The zero-order valence-corrected chi connectivity index (χ0v) is 13.1. The van der Waals surface area contributed by atoms with E-state index in [1.54, 1.807) is 19.1 Å². The molecular weight excluding hydrogens is 275 g/mol. The van der Waals surface area contributed by atoms with Crippen molar-refractivity contribution < 1.29 is 9.50 Å². The van der Waals surface area contributed by atoms with Gasteiger partial charge in [0.05, 0.1) is 0 Å². The van der Waals surface area contributed by atoms with Crippen LogP contribution in [0.15, 0.2) is 48.5 Å². The first-order valence-electron chi connectivity index (χ1n) is 7.62. The van der Waals surface area contributed by atoms with Crippen LogP contribution < -0.4 is 0 Å². The van der Waals surface area contributed by atoms with Crippen molar-refractivity contribution in [1.82, 2.24) is 0 Å². The van der Waals surface area contributed by atoms with Gasteiger partial charge < -0.3 is 5.11 Å². The molecule has 1 N–H and O–H groups in total. The number of hydrogen-bond donors (Lipinski definition) is 1. The highest BCUT2D eigenvalue weighted by Crippen LogP contribution is 2.25. The van der Waals surface area contributed by atoms with Crippen molar-refractivity contribution in [1.29, 1.82) is 0 Å². The molecule has 0 heterocycles. The molecule has 0 amide bonds. The molecule has 0 aliphatic rings. The van der Waals surface area contributed by atoms with Gasteiger partial charge in [-0.05, 0) is 42.2 Å². The fourth-order valence-corrected chi connectivity index (χ4v) is 2.20. The average Bonchev–Trinajstić information content (AvgIpc) is 2.52. The normalized spacial score (nSPS) is 13.1. The second-order valence-corrected chi connectivity index (χ2v) is 5.56. The number of benzene rings is 2. The van der Waals surface area contributed by atoms with E-state index < -0.39 is 5.60 Å². The maximum absolute atomic E-state index is 12.9. The van der Waals surface area contributed by atoms with Crippen molar-refractivity contribution in [3.8, 4) is 23.0 Å². The zero-order chi connectivity index (χ0) is 16.0. The fraction of sp³-hybridized carbons (Fsp3) is 0.300. The molecule has 1 nitrogen and oxygen atoms in total. The molecule has 0 radical (unpaired) electrons. The largest absolute Gasteiger partial charge is 0.374 e. The highest BCUT2D eigenvalue weighted by molar-refractivity contribution is 5.63. The van der Waals surface area contributed by atoms with Gasteiger partial charge in [0.25, 0.3) is 0 Å². The zero-order valence-electron chi connectivity index (χ0n) is 13.1. The predicted molar refractivity (Wildman–Crippen MR) is 88.7 cm³/mol. The Labute approximate surface area is 131 Å². The number of aliphatic hydroxyl groups is 1. The van der Waals surface area contributed by atoms with Crippen molar-refractivity contribution >= 4 is 0 Å². The van der Waals surface area contributed by atoms with Crippen LogP contribution in [0.2, 0.25) is 0 Å². The van der Waals surface area contributed by atoms with Crippen LogP contribution in [0.5, 0.6) is 0 Å². The molecular formula is C20H21FO. The molecule has 0 saturated heterocycles. The summed E-state index contributed by atoms with van der Waals surface area (Å²) >= 11 is 0. The third-order valence-electron chi connectivity index (χ3n) is 3.61. The molecule has 114 valence electrons. The standard InChI is InChI=1S/C20H21FO/c1-3-4-5-6-15-20(2,22)18-11-7-16(8-12-18)17-9-13-19(21)14-10-17/h7-14,22H,3-5H2,1-2H3. The van der Waals surface area contributed by atoms with E-state index in [0.29, 0.717) is 0 Å². The van der Waals surface area contributed by atoms with E-state index in [1.165, 1.54) is 12.1 Å². The van der Waals surface area contributed by atoms with Gasteiger partial charge in [-0.3, -0.25) is 0 Å². The van der Waals surface area contributed by atoms with Gasteiger partial charge in [0, 0.05) is 6.42 Å². The lowest BCUT2D eigenvalue weighted by Crippen LogP contribution is -2.18. The molecule has 1 atom stereocenters. The Bertz CT molecular complexity index is 658. The summed E-state index contributed by atoms with van der Waals surface area (Å²) < 4.78 is 12.9. The van der Waals surface area contributed by atoms with E-state index in [1.807, 2.05) is 24.3 Å². The summed E-state index contributed by atoms with van der Waals surface area (Å²) in [6.07, 6.45) is 2.95. The predicted octanol–water partition coefficient (Wildman–Crippen LogP) is 4.89. The lowest BCUT2D eigenvalue weighted by Gasteiger charge is -2.17. The first-order valence-corrected chi connectivity index (χ1v) is 7.62. The highest BCUT2D eigenvalue weighted by Gasteiger charge is 2.19. The average molecular weight is 296 g/mol. The van der Waals surface area contributed by atoms with Gasteiger partial charge in [-0.25, -0.2) is 4.39 Å². The minimum Gasteiger partial charge on any atom is -0.374 e. The topological polar surface area (TPSA) is 20.2 Å². The van der Waals surface area contributed by atoms with Crippen LogP contribution in [0.1, 0.15) is 38.7 Å². The fourth-order valence-electron chi connectivity index (χ4n) is 2.20. The summed E-state index contributed by atoms with van der Waals surface area (Å²) in [5, 5.41) is 10.5. The maximum Gasteiger partial charge on any atom is 0.148 e. The van der Waals surface area contributed by atoms with E-state index >= 15 is 0 Å².